The lowest BCUT2D eigenvalue weighted by Crippen LogP contribution is -2.14. The average molecular weight is 246 g/mol. The van der Waals surface area contributed by atoms with Crippen molar-refractivity contribution in [1.29, 1.82) is 5.26 Å². The van der Waals surface area contributed by atoms with E-state index in [9.17, 15) is 0 Å². The molecule has 1 rings (SSSR count). The van der Waals surface area contributed by atoms with E-state index in [4.69, 9.17) is 15.8 Å². The number of nitriles is 1. The number of ether oxygens (including phenoxy) is 1. The van der Waals surface area contributed by atoms with E-state index in [1.807, 2.05) is 19.9 Å². The van der Waals surface area contributed by atoms with Crippen LogP contribution in [0.4, 0.5) is 0 Å². The zero-order valence-electron chi connectivity index (χ0n) is 10.9. The Morgan fingerprint density at radius 3 is 2.44 bits per heavy atom. The van der Waals surface area contributed by atoms with Gasteiger partial charge in [-0.15, -0.1) is 0 Å². The number of benzene rings is 1. The van der Waals surface area contributed by atoms with E-state index >= 15 is 0 Å². The van der Waals surface area contributed by atoms with Crippen molar-refractivity contribution < 1.29 is 4.74 Å². The molecule has 5 nitrogen and oxygen atoms in total. The molecule has 0 aliphatic rings. The molecule has 0 fully saturated rings. The van der Waals surface area contributed by atoms with E-state index in [1.165, 1.54) is 6.21 Å². The van der Waals surface area contributed by atoms with E-state index in [0.29, 0.717) is 17.0 Å². The second kappa shape index (κ2) is 9.85. The van der Waals surface area contributed by atoms with Crippen LogP contribution in [-0.2, 0) is 0 Å². The van der Waals surface area contributed by atoms with Crippen LogP contribution in [0, 0.1) is 11.3 Å². The van der Waals surface area contributed by atoms with Crippen molar-refractivity contribution in [3.63, 3.8) is 0 Å². The maximum absolute atomic E-state index is 8.61. The fraction of sp³-hybridized carbons (Fsp3) is 0.308. The normalized spacial score (nSPS) is 10.4. The minimum Gasteiger partial charge on any atom is -0.487 e. The quantitative estimate of drug-likeness (QED) is 0.501. The standard InChI is InChI=1S/C11H12N4O.C2H6/c1-14-7-10(15-13)8-16-11-4-2-9(6-12)3-5-11;1-2/h2-5,7H,8,13H2,1H3;1-2H3/b14-7?,15-10+;. The number of hydrazone groups is 1. The summed E-state index contributed by atoms with van der Waals surface area (Å²) in [5, 5.41) is 12.1. The van der Waals surface area contributed by atoms with E-state index in [0.717, 1.165) is 0 Å². The molecule has 18 heavy (non-hydrogen) atoms. The molecule has 1 aromatic rings. The molecule has 96 valence electrons. The first kappa shape index (κ1) is 15.6. The Kier molecular flexibility index (Phi) is 8.56. The highest BCUT2D eigenvalue weighted by Gasteiger charge is 1.98. The van der Waals surface area contributed by atoms with Crippen molar-refractivity contribution in [2.24, 2.45) is 15.9 Å². The molecule has 0 saturated heterocycles. The second-order valence-electron chi connectivity index (χ2n) is 2.93. The Balaban J connectivity index is 0.00000137. The molecule has 0 spiro atoms. The first-order valence-electron chi connectivity index (χ1n) is 5.62. The van der Waals surface area contributed by atoms with E-state index in [2.05, 4.69) is 10.1 Å². The summed E-state index contributed by atoms with van der Waals surface area (Å²) in [5.74, 6) is 5.80. The minimum atomic E-state index is 0.250. The fourth-order valence-electron chi connectivity index (χ4n) is 1.04. The van der Waals surface area contributed by atoms with Gasteiger partial charge in [-0.2, -0.15) is 10.4 Å². The van der Waals surface area contributed by atoms with Crippen LogP contribution in [0.3, 0.4) is 0 Å². The van der Waals surface area contributed by atoms with Crippen LogP contribution in [0.1, 0.15) is 19.4 Å². The van der Waals surface area contributed by atoms with Gasteiger partial charge in [0.2, 0.25) is 0 Å². The maximum Gasteiger partial charge on any atom is 0.134 e. The molecule has 0 heterocycles. The predicted octanol–water partition coefficient (Wildman–Crippen LogP) is 1.98. The van der Waals surface area contributed by atoms with Crippen molar-refractivity contribution in [3.8, 4) is 11.8 Å². The highest BCUT2D eigenvalue weighted by molar-refractivity contribution is 6.31. The minimum absolute atomic E-state index is 0.250. The number of nitrogens with two attached hydrogens (primary N) is 1. The van der Waals surface area contributed by atoms with Crippen molar-refractivity contribution >= 4 is 11.9 Å². The van der Waals surface area contributed by atoms with Gasteiger partial charge in [-0.1, -0.05) is 13.8 Å². The largest absolute Gasteiger partial charge is 0.487 e. The van der Waals surface area contributed by atoms with Crippen LogP contribution < -0.4 is 10.6 Å². The van der Waals surface area contributed by atoms with E-state index in [1.54, 1.807) is 31.3 Å². The lowest BCUT2D eigenvalue weighted by atomic mass is 10.2. The van der Waals surface area contributed by atoms with Crippen LogP contribution in [-0.4, -0.2) is 25.6 Å². The SMILES string of the molecule is CC.CN=C/C(COc1ccc(C#N)cc1)=N\N. The second-order valence-corrected chi connectivity index (χ2v) is 2.93. The Hall–Kier alpha value is -2.35. The fourth-order valence-corrected chi connectivity index (χ4v) is 1.04. The smallest absolute Gasteiger partial charge is 0.134 e. The van der Waals surface area contributed by atoms with Crippen molar-refractivity contribution in [2.75, 3.05) is 13.7 Å². The van der Waals surface area contributed by atoms with Gasteiger partial charge in [0.1, 0.15) is 18.1 Å². The number of hydrogen-bond donors (Lipinski definition) is 1. The van der Waals surface area contributed by atoms with Crippen LogP contribution in [0.5, 0.6) is 5.75 Å². The van der Waals surface area contributed by atoms with E-state index in [-0.39, 0.29) is 6.61 Å². The van der Waals surface area contributed by atoms with Gasteiger partial charge in [0.05, 0.1) is 11.6 Å². The summed E-state index contributed by atoms with van der Waals surface area (Å²) in [6.45, 7) is 4.25. The molecule has 0 bridgehead atoms. The molecule has 0 aliphatic heterocycles. The van der Waals surface area contributed by atoms with Gasteiger partial charge in [-0.25, -0.2) is 0 Å². The van der Waals surface area contributed by atoms with Gasteiger partial charge in [-0.3, -0.25) is 4.99 Å². The van der Waals surface area contributed by atoms with Gasteiger partial charge in [0.15, 0.2) is 0 Å². The Bertz CT molecular complexity index is 429. The average Bonchev–Trinajstić information content (AvgIpc) is 2.46. The zero-order valence-corrected chi connectivity index (χ0v) is 10.9. The lowest BCUT2D eigenvalue weighted by Gasteiger charge is -2.04. The monoisotopic (exact) mass is 246 g/mol. The summed E-state index contributed by atoms with van der Waals surface area (Å²) in [4.78, 5) is 3.79. The van der Waals surface area contributed by atoms with Crippen LogP contribution in [0.25, 0.3) is 0 Å². The molecule has 0 atom stereocenters. The first-order chi connectivity index (χ1) is 8.80. The Morgan fingerprint density at radius 2 is 2.00 bits per heavy atom. The zero-order chi connectivity index (χ0) is 13.8. The number of rotatable bonds is 4. The molecule has 0 amide bonds. The molecule has 5 heteroatoms. The molecule has 0 radical (unpaired) electrons. The summed E-state index contributed by atoms with van der Waals surface area (Å²) >= 11 is 0. The van der Waals surface area contributed by atoms with Gasteiger partial charge in [0.25, 0.3) is 0 Å². The topological polar surface area (TPSA) is 83.8 Å². The van der Waals surface area contributed by atoms with Crippen molar-refractivity contribution in [2.45, 2.75) is 13.8 Å². The van der Waals surface area contributed by atoms with E-state index < -0.39 is 0 Å². The third kappa shape index (κ3) is 5.66. The summed E-state index contributed by atoms with van der Waals surface area (Å²) in [6, 6.07) is 8.83. The van der Waals surface area contributed by atoms with Crippen molar-refractivity contribution in [3.05, 3.63) is 29.8 Å². The van der Waals surface area contributed by atoms with Crippen molar-refractivity contribution in [1.82, 2.24) is 0 Å². The van der Waals surface area contributed by atoms with Gasteiger partial charge in [-0.05, 0) is 24.3 Å². The van der Waals surface area contributed by atoms with Gasteiger partial charge >= 0.3 is 0 Å². The highest BCUT2D eigenvalue weighted by Crippen LogP contribution is 2.11. The third-order valence-electron chi connectivity index (χ3n) is 1.81. The molecular formula is C13H18N4O. The molecule has 0 aliphatic carbocycles. The number of aliphatic imine (C=N–C) groups is 1. The lowest BCUT2D eigenvalue weighted by molar-refractivity contribution is 0.378. The molecule has 1 aromatic carbocycles. The van der Waals surface area contributed by atoms with Crippen LogP contribution in [0.2, 0.25) is 0 Å². The Labute approximate surface area is 108 Å². The van der Waals surface area contributed by atoms with Crippen LogP contribution >= 0.6 is 0 Å². The maximum atomic E-state index is 8.61. The predicted molar refractivity (Wildman–Crippen MR) is 74.0 cm³/mol. The molecule has 0 unspecified atom stereocenters. The summed E-state index contributed by atoms with van der Waals surface area (Å²) in [6.07, 6.45) is 1.53. The molecule has 0 saturated carbocycles. The first-order valence-corrected chi connectivity index (χ1v) is 5.62. The summed E-state index contributed by atoms with van der Waals surface area (Å²) in [5.41, 5.74) is 1.14. The molecule has 0 aromatic heterocycles. The van der Waals surface area contributed by atoms with Crippen LogP contribution in [0.15, 0.2) is 34.4 Å². The van der Waals surface area contributed by atoms with Gasteiger partial charge < -0.3 is 10.6 Å². The molecular weight excluding hydrogens is 228 g/mol. The summed E-state index contributed by atoms with van der Waals surface area (Å²) in [7, 11) is 1.63. The van der Waals surface area contributed by atoms with Gasteiger partial charge in [0, 0.05) is 13.3 Å². The highest BCUT2D eigenvalue weighted by atomic mass is 16.5. The number of hydrogen-bond acceptors (Lipinski definition) is 5. The Morgan fingerprint density at radius 1 is 1.39 bits per heavy atom. The third-order valence-corrected chi connectivity index (χ3v) is 1.81. The molecule has 2 N–H and O–H groups in total. The summed E-state index contributed by atoms with van der Waals surface area (Å²) < 4.78 is 5.40. The number of nitrogens with zero attached hydrogens (tertiary/aromatic N) is 3.